The molecule has 0 aromatic heterocycles. The maximum Gasteiger partial charge on any atom is 0.251 e. The smallest absolute Gasteiger partial charge is 0.251 e. The van der Waals surface area contributed by atoms with Crippen molar-refractivity contribution in [3.8, 4) is 0 Å². The minimum absolute atomic E-state index is 0.0473. The SMILES string of the molecule is O=C(CN1CCCCC(O)C1=O)N1CCc2c(Cl)cc(F)cc2C1. The fourth-order valence-corrected chi connectivity index (χ4v) is 3.65. The van der Waals surface area contributed by atoms with Crippen LogP contribution >= 0.6 is 11.6 Å². The van der Waals surface area contributed by atoms with Crippen LogP contribution in [-0.4, -0.2) is 52.5 Å². The molecule has 1 fully saturated rings. The molecule has 24 heavy (non-hydrogen) atoms. The summed E-state index contributed by atoms with van der Waals surface area (Å²) in [4.78, 5) is 27.7. The second kappa shape index (κ2) is 7.07. The Kier molecular flexibility index (Phi) is 5.06. The van der Waals surface area contributed by atoms with E-state index in [0.29, 0.717) is 36.5 Å². The van der Waals surface area contributed by atoms with Crippen molar-refractivity contribution >= 4 is 23.4 Å². The molecule has 2 heterocycles. The van der Waals surface area contributed by atoms with Crippen molar-refractivity contribution in [3.63, 3.8) is 0 Å². The number of halogens is 2. The molecule has 5 nitrogen and oxygen atoms in total. The first kappa shape index (κ1) is 17.2. The Morgan fingerprint density at radius 2 is 2.12 bits per heavy atom. The van der Waals surface area contributed by atoms with Crippen molar-refractivity contribution in [1.82, 2.24) is 9.80 Å². The van der Waals surface area contributed by atoms with Gasteiger partial charge in [0.2, 0.25) is 5.91 Å². The minimum Gasteiger partial charge on any atom is -0.383 e. The lowest BCUT2D eigenvalue weighted by Gasteiger charge is -2.31. The van der Waals surface area contributed by atoms with E-state index in [2.05, 4.69) is 0 Å². The number of aliphatic hydroxyl groups excluding tert-OH is 1. The molecule has 1 aromatic rings. The Morgan fingerprint density at radius 1 is 1.33 bits per heavy atom. The van der Waals surface area contributed by atoms with Gasteiger partial charge >= 0.3 is 0 Å². The van der Waals surface area contributed by atoms with E-state index in [1.165, 1.54) is 17.0 Å². The first-order chi connectivity index (χ1) is 11.5. The summed E-state index contributed by atoms with van der Waals surface area (Å²) in [7, 11) is 0. The van der Waals surface area contributed by atoms with Gasteiger partial charge in [0.15, 0.2) is 0 Å². The second-order valence-electron chi connectivity index (χ2n) is 6.36. The minimum atomic E-state index is -1.02. The molecule has 0 radical (unpaired) electrons. The average molecular weight is 355 g/mol. The van der Waals surface area contributed by atoms with Crippen LogP contribution in [-0.2, 0) is 22.6 Å². The number of benzene rings is 1. The molecule has 0 bridgehead atoms. The number of carbonyl (C=O) groups excluding carboxylic acids is 2. The van der Waals surface area contributed by atoms with Crippen molar-refractivity contribution in [2.75, 3.05) is 19.6 Å². The molecule has 0 aliphatic carbocycles. The fraction of sp³-hybridized carbons (Fsp3) is 0.529. The predicted molar refractivity (Wildman–Crippen MR) is 87.0 cm³/mol. The van der Waals surface area contributed by atoms with E-state index in [-0.39, 0.29) is 24.9 Å². The quantitative estimate of drug-likeness (QED) is 0.880. The zero-order valence-corrected chi connectivity index (χ0v) is 14.1. The van der Waals surface area contributed by atoms with Gasteiger partial charge in [-0.1, -0.05) is 11.6 Å². The third kappa shape index (κ3) is 3.54. The van der Waals surface area contributed by atoms with Crippen LogP contribution in [0.2, 0.25) is 5.02 Å². The van der Waals surface area contributed by atoms with Crippen LogP contribution < -0.4 is 0 Å². The van der Waals surface area contributed by atoms with Crippen LogP contribution in [0.3, 0.4) is 0 Å². The third-order valence-corrected chi connectivity index (χ3v) is 5.01. The van der Waals surface area contributed by atoms with Crippen molar-refractivity contribution in [3.05, 3.63) is 34.1 Å². The molecule has 2 amide bonds. The monoisotopic (exact) mass is 354 g/mol. The summed E-state index contributed by atoms with van der Waals surface area (Å²) in [6.45, 7) is 1.21. The summed E-state index contributed by atoms with van der Waals surface area (Å²) >= 11 is 6.06. The fourth-order valence-electron chi connectivity index (χ4n) is 3.33. The van der Waals surface area contributed by atoms with E-state index in [4.69, 9.17) is 11.6 Å². The lowest BCUT2D eigenvalue weighted by Crippen LogP contribution is -2.46. The maximum absolute atomic E-state index is 13.5. The number of carbonyl (C=O) groups is 2. The van der Waals surface area contributed by atoms with Gasteiger partial charge in [0, 0.05) is 24.7 Å². The standard InChI is InChI=1S/C17H20ClFN2O3/c18-14-8-12(19)7-11-9-20(6-4-13(11)14)16(23)10-21-5-2-1-3-15(22)17(21)24/h7-8,15,22H,1-6,9-10H2. The first-order valence-electron chi connectivity index (χ1n) is 8.17. The molecule has 0 saturated carbocycles. The third-order valence-electron chi connectivity index (χ3n) is 4.68. The Balaban J connectivity index is 1.69. The molecule has 1 N–H and O–H groups in total. The molecule has 2 aliphatic heterocycles. The van der Waals surface area contributed by atoms with E-state index in [1.54, 1.807) is 4.90 Å². The van der Waals surface area contributed by atoms with Gasteiger partial charge < -0.3 is 14.9 Å². The largest absolute Gasteiger partial charge is 0.383 e. The van der Waals surface area contributed by atoms with E-state index < -0.39 is 11.9 Å². The maximum atomic E-state index is 13.5. The summed E-state index contributed by atoms with van der Waals surface area (Å²) in [6.07, 6.45) is 1.54. The highest BCUT2D eigenvalue weighted by Crippen LogP contribution is 2.27. The number of nitrogens with zero attached hydrogens (tertiary/aromatic N) is 2. The Hall–Kier alpha value is -1.66. The van der Waals surface area contributed by atoms with Crippen molar-refractivity contribution in [1.29, 1.82) is 0 Å². The Morgan fingerprint density at radius 3 is 2.92 bits per heavy atom. The van der Waals surface area contributed by atoms with Crippen LogP contribution in [0.4, 0.5) is 4.39 Å². The van der Waals surface area contributed by atoms with Crippen LogP contribution in [0.1, 0.15) is 30.4 Å². The van der Waals surface area contributed by atoms with Gasteiger partial charge in [-0.25, -0.2) is 4.39 Å². The van der Waals surface area contributed by atoms with Crippen LogP contribution in [0, 0.1) is 5.82 Å². The molecule has 7 heteroatoms. The topological polar surface area (TPSA) is 60.9 Å². The summed E-state index contributed by atoms with van der Waals surface area (Å²) in [5.74, 6) is -0.991. The molecular formula is C17H20ClFN2O3. The molecule has 2 aliphatic rings. The van der Waals surface area contributed by atoms with Crippen molar-refractivity contribution in [2.24, 2.45) is 0 Å². The lowest BCUT2D eigenvalue weighted by molar-refractivity contribution is -0.145. The highest BCUT2D eigenvalue weighted by Gasteiger charge is 2.29. The van der Waals surface area contributed by atoms with E-state index in [9.17, 15) is 19.1 Å². The zero-order valence-electron chi connectivity index (χ0n) is 13.3. The number of aliphatic hydroxyl groups is 1. The predicted octanol–water partition coefficient (Wildman–Crippen LogP) is 1.74. The van der Waals surface area contributed by atoms with Crippen LogP contribution in [0.25, 0.3) is 0 Å². The van der Waals surface area contributed by atoms with Crippen molar-refractivity contribution < 1.29 is 19.1 Å². The average Bonchev–Trinajstić information content (AvgIpc) is 2.69. The van der Waals surface area contributed by atoms with E-state index in [0.717, 1.165) is 18.4 Å². The van der Waals surface area contributed by atoms with Gasteiger partial charge in [-0.2, -0.15) is 0 Å². The molecule has 1 aromatic carbocycles. The number of hydrogen-bond acceptors (Lipinski definition) is 3. The van der Waals surface area contributed by atoms with E-state index >= 15 is 0 Å². The number of fused-ring (bicyclic) bond motifs is 1. The molecule has 1 saturated heterocycles. The summed E-state index contributed by atoms with van der Waals surface area (Å²) in [6, 6.07) is 2.69. The summed E-state index contributed by atoms with van der Waals surface area (Å²) in [5, 5.41) is 10.2. The number of rotatable bonds is 2. The Labute approximate surface area is 145 Å². The second-order valence-corrected chi connectivity index (χ2v) is 6.77. The highest BCUT2D eigenvalue weighted by molar-refractivity contribution is 6.31. The normalized spacial score (nSPS) is 21.5. The molecule has 0 spiro atoms. The molecular weight excluding hydrogens is 335 g/mol. The Bertz CT molecular complexity index is 667. The van der Waals surface area contributed by atoms with Gasteiger partial charge in [-0.3, -0.25) is 9.59 Å². The first-order valence-corrected chi connectivity index (χ1v) is 8.55. The summed E-state index contributed by atoms with van der Waals surface area (Å²) in [5.41, 5.74) is 1.59. The van der Waals surface area contributed by atoms with Gasteiger partial charge in [0.05, 0.1) is 6.54 Å². The van der Waals surface area contributed by atoms with Crippen molar-refractivity contribution in [2.45, 2.75) is 38.3 Å². The van der Waals surface area contributed by atoms with Crippen LogP contribution in [0.15, 0.2) is 12.1 Å². The lowest BCUT2D eigenvalue weighted by atomic mass is 9.99. The van der Waals surface area contributed by atoms with E-state index in [1.807, 2.05) is 0 Å². The molecule has 1 atom stereocenters. The highest BCUT2D eigenvalue weighted by atomic mass is 35.5. The number of hydrogen-bond donors (Lipinski definition) is 1. The molecule has 3 rings (SSSR count). The molecule has 130 valence electrons. The van der Waals surface area contributed by atoms with Gasteiger partial charge in [-0.05, 0) is 48.9 Å². The number of likely N-dealkylation sites (tertiary alicyclic amines) is 1. The number of amides is 2. The van der Waals surface area contributed by atoms with Crippen LogP contribution in [0.5, 0.6) is 0 Å². The van der Waals surface area contributed by atoms with Gasteiger partial charge in [0.25, 0.3) is 5.91 Å². The summed E-state index contributed by atoms with van der Waals surface area (Å²) < 4.78 is 13.5. The zero-order chi connectivity index (χ0) is 17.3. The molecule has 1 unspecified atom stereocenters. The van der Waals surface area contributed by atoms with Gasteiger partial charge in [-0.15, -0.1) is 0 Å². The van der Waals surface area contributed by atoms with Gasteiger partial charge in [0.1, 0.15) is 11.9 Å².